The molecular weight excluding hydrogens is 330 g/mol. The molecule has 1 aliphatic rings. The molecule has 1 N–H and O–H groups in total. The Morgan fingerprint density at radius 1 is 1.29 bits per heavy atom. The largest absolute Gasteiger partial charge is 0.491 e. The molecule has 2 atom stereocenters. The first-order valence-corrected chi connectivity index (χ1v) is 8.42. The van der Waals surface area contributed by atoms with Crippen molar-refractivity contribution >= 4 is 15.9 Å². The number of benzene rings is 1. The number of halogens is 1. The fraction of sp³-hybridized carbons (Fsp3) is 0.647. The van der Waals surface area contributed by atoms with E-state index in [0.29, 0.717) is 12.7 Å². The summed E-state index contributed by atoms with van der Waals surface area (Å²) in [5.74, 6) is 0.913. The number of hydrogen-bond acceptors (Lipinski definition) is 3. The van der Waals surface area contributed by atoms with Crippen molar-refractivity contribution in [3.8, 4) is 5.75 Å². The van der Waals surface area contributed by atoms with Crippen LogP contribution in [-0.4, -0.2) is 30.9 Å². The normalized spacial score (nSPS) is 22.5. The summed E-state index contributed by atoms with van der Waals surface area (Å²) in [6, 6.07) is 6.07. The second-order valence-electron chi connectivity index (χ2n) is 6.81. The third-order valence-electron chi connectivity index (χ3n) is 3.62. The lowest BCUT2D eigenvalue weighted by Gasteiger charge is -2.23. The molecule has 0 radical (unpaired) electrons. The first-order chi connectivity index (χ1) is 9.83. The molecule has 0 aliphatic carbocycles. The first-order valence-electron chi connectivity index (χ1n) is 7.63. The summed E-state index contributed by atoms with van der Waals surface area (Å²) in [6.45, 7) is 10.1. The highest BCUT2D eigenvalue weighted by Crippen LogP contribution is 2.24. The molecule has 2 rings (SSSR count). The highest BCUT2D eigenvalue weighted by molar-refractivity contribution is 9.10. The van der Waals surface area contributed by atoms with E-state index in [-0.39, 0.29) is 11.6 Å². The molecule has 1 aliphatic heterocycles. The zero-order valence-corrected chi connectivity index (χ0v) is 15.0. The fourth-order valence-corrected chi connectivity index (χ4v) is 2.62. The fourth-order valence-electron chi connectivity index (χ4n) is 2.37. The first kappa shape index (κ1) is 16.8. The van der Waals surface area contributed by atoms with E-state index >= 15 is 0 Å². The second-order valence-corrected chi connectivity index (χ2v) is 7.66. The minimum Gasteiger partial charge on any atom is -0.491 e. The van der Waals surface area contributed by atoms with Crippen molar-refractivity contribution in [2.24, 2.45) is 0 Å². The number of aryl methyl sites for hydroxylation is 1. The average Bonchev–Trinajstić information content (AvgIpc) is 2.85. The zero-order chi connectivity index (χ0) is 15.5. The van der Waals surface area contributed by atoms with Crippen LogP contribution in [0.2, 0.25) is 0 Å². The molecule has 21 heavy (non-hydrogen) atoms. The van der Waals surface area contributed by atoms with E-state index in [2.05, 4.69) is 55.0 Å². The Kier molecular flexibility index (Phi) is 5.69. The predicted octanol–water partition coefficient (Wildman–Crippen LogP) is 4.07. The Hall–Kier alpha value is -0.580. The second kappa shape index (κ2) is 7.12. The maximum absolute atomic E-state index is 6.04. The van der Waals surface area contributed by atoms with E-state index in [1.165, 1.54) is 5.56 Å². The SMILES string of the molecule is Cc1cc(OCC2CCC(CNC(C)(C)C)O2)ccc1Br. The van der Waals surface area contributed by atoms with E-state index in [1.807, 2.05) is 12.1 Å². The van der Waals surface area contributed by atoms with Gasteiger partial charge in [0.1, 0.15) is 12.4 Å². The molecule has 4 heteroatoms. The summed E-state index contributed by atoms with van der Waals surface area (Å²) in [5, 5.41) is 3.50. The summed E-state index contributed by atoms with van der Waals surface area (Å²) in [5.41, 5.74) is 1.33. The van der Waals surface area contributed by atoms with E-state index in [0.717, 1.165) is 29.6 Å². The molecule has 118 valence electrons. The van der Waals surface area contributed by atoms with Crippen LogP contribution in [0, 0.1) is 6.92 Å². The highest BCUT2D eigenvalue weighted by atomic mass is 79.9. The van der Waals surface area contributed by atoms with Gasteiger partial charge in [-0.25, -0.2) is 0 Å². The topological polar surface area (TPSA) is 30.5 Å². The maximum Gasteiger partial charge on any atom is 0.119 e. The Bertz CT molecular complexity index is 470. The molecule has 3 nitrogen and oxygen atoms in total. The lowest BCUT2D eigenvalue weighted by Crippen LogP contribution is -2.41. The van der Waals surface area contributed by atoms with Gasteiger partial charge in [-0.15, -0.1) is 0 Å². The summed E-state index contributed by atoms with van der Waals surface area (Å²) in [7, 11) is 0. The van der Waals surface area contributed by atoms with Gasteiger partial charge < -0.3 is 14.8 Å². The number of hydrogen-bond donors (Lipinski definition) is 1. The summed E-state index contributed by atoms with van der Waals surface area (Å²) in [4.78, 5) is 0. The Balaban J connectivity index is 1.74. The van der Waals surface area contributed by atoms with E-state index < -0.39 is 0 Å². The van der Waals surface area contributed by atoms with Crippen LogP contribution in [0.3, 0.4) is 0 Å². The molecule has 1 aromatic rings. The molecule has 0 spiro atoms. The molecule has 0 saturated carbocycles. The Morgan fingerprint density at radius 3 is 2.67 bits per heavy atom. The van der Waals surface area contributed by atoms with E-state index in [4.69, 9.17) is 9.47 Å². The summed E-state index contributed by atoms with van der Waals surface area (Å²) < 4.78 is 13.0. The van der Waals surface area contributed by atoms with Gasteiger partial charge in [-0.2, -0.15) is 0 Å². The van der Waals surface area contributed by atoms with Gasteiger partial charge in [-0.05, 0) is 64.3 Å². The molecular formula is C17H26BrNO2. The Labute approximate surface area is 136 Å². The van der Waals surface area contributed by atoms with Gasteiger partial charge in [0, 0.05) is 16.6 Å². The van der Waals surface area contributed by atoms with Crippen LogP contribution in [0.5, 0.6) is 5.75 Å². The number of ether oxygens (including phenoxy) is 2. The monoisotopic (exact) mass is 355 g/mol. The van der Waals surface area contributed by atoms with E-state index in [1.54, 1.807) is 0 Å². The smallest absolute Gasteiger partial charge is 0.119 e. The van der Waals surface area contributed by atoms with E-state index in [9.17, 15) is 0 Å². The van der Waals surface area contributed by atoms with Crippen LogP contribution in [0.25, 0.3) is 0 Å². The van der Waals surface area contributed by atoms with Crippen molar-refractivity contribution < 1.29 is 9.47 Å². The Morgan fingerprint density at radius 2 is 2.00 bits per heavy atom. The molecule has 1 fully saturated rings. The number of nitrogens with one attached hydrogen (secondary N) is 1. The number of rotatable bonds is 5. The molecule has 0 bridgehead atoms. The maximum atomic E-state index is 6.04. The van der Waals surface area contributed by atoms with Gasteiger partial charge in [0.2, 0.25) is 0 Å². The van der Waals surface area contributed by atoms with Crippen molar-refractivity contribution in [3.63, 3.8) is 0 Å². The zero-order valence-electron chi connectivity index (χ0n) is 13.4. The van der Waals surface area contributed by atoms with Gasteiger partial charge in [0.15, 0.2) is 0 Å². The standard InChI is InChI=1S/C17H26BrNO2/c1-12-9-13(7-8-16(12)18)20-11-15-6-5-14(21-15)10-19-17(2,3)4/h7-9,14-15,19H,5-6,10-11H2,1-4H3. The molecule has 0 aromatic heterocycles. The summed E-state index contributed by atoms with van der Waals surface area (Å²) >= 11 is 3.50. The van der Waals surface area contributed by atoms with Crippen LogP contribution < -0.4 is 10.1 Å². The molecule has 0 amide bonds. The van der Waals surface area contributed by atoms with Crippen LogP contribution in [0.4, 0.5) is 0 Å². The van der Waals surface area contributed by atoms with Crippen LogP contribution in [0.15, 0.2) is 22.7 Å². The lowest BCUT2D eigenvalue weighted by atomic mass is 10.1. The van der Waals surface area contributed by atoms with Crippen molar-refractivity contribution in [2.45, 2.75) is 58.3 Å². The third kappa shape index (κ3) is 5.61. The van der Waals surface area contributed by atoms with Gasteiger partial charge in [0.05, 0.1) is 12.2 Å². The molecule has 1 aromatic carbocycles. The molecule has 1 heterocycles. The minimum atomic E-state index is 0.146. The van der Waals surface area contributed by atoms with Crippen molar-refractivity contribution in [1.82, 2.24) is 5.32 Å². The minimum absolute atomic E-state index is 0.146. The van der Waals surface area contributed by atoms with Gasteiger partial charge >= 0.3 is 0 Å². The summed E-state index contributed by atoms with van der Waals surface area (Å²) in [6.07, 6.45) is 2.70. The average molecular weight is 356 g/mol. The van der Waals surface area contributed by atoms with Crippen molar-refractivity contribution in [2.75, 3.05) is 13.2 Å². The van der Waals surface area contributed by atoms with Crippen molar-refractivity contribution in [1.29, 1.82) is 0 Å². The van der Waals surface area contributed by atoms with Crippen molar-refractivity contribution in [3.05, 3.63) is 28.2 Å². The quantitative estimate of drug-likeness (QED) is 0.863. The lowest BCUT2D eigenvalue weighted by molar-refractivity contribution is 0.0162. The third-order valence-corrected chi connectivity index (χ3v) is 4.51. The van der Waals surface area contributed by atoms with Gasteiger partial charge in [0.25, 0.3) is 0 Å². The molecule has 1 saturated heterocycles. The van der Waals surface area contributed by atoms with Gasteiger partial charge in [-0.1, -0.05) is 15.9 Å². The van der Waals surface area contributed by atoms with Crippen LogP contribution in [0.1, 0.15) is 39.2 Å². The van der Waals surface area contributed by atoms with Crippen LogP contribution in [-0.2, 0) is 4.74 Å². The molecule has 2 unspecified atom stereocenters. The van der Waals surface area contributed by atoms with Gasteiger partial charge in [-0.3, -0.25) is 0 Å². The predicted molar refractivity (Wildman–Crippen MR) is 90.0 cm³/mol. The van der Waals surface area contributed by atoms with Crippen LogP contribution >= 0.6 is 15.9 Å². The highest BCUT2D eigenvalue weighted by Gasteiger charge is 2.26.